The van der Waals surface area contributed by atoms with Crippen molar-refractivity contribution in [3.05, 3.63) is 58.6 Å². The number of anilines is 1. The van der Waals surface area contributed by atoms with Crippen LogP contribution in [0.3, 0.4) is 0 Å². The zero-order valence-corrected chi connectivity index (χ0v) is 17.6. The molecule has 0 bridgehead atoms. The van der Waals surface area contributed by atoms with E-state index in [1.807, 2.05) is 24.3 Å². The van der Waals surface area contributed by atoms with Gasteiger partial charge in [0.15, 0.2) is 0 Å². The van der Waals surface area contributed by atoms with Gasteiger partial charge in [0.25, 0.3) is 5.91 Å². The van der Waals surface area contributed by atoms with Gasteiger partial charge in [-0.25, -0.2) is 8.42 Å². The lowest BCUT2D eigenvalue weighted by molar-refractivity contribution is 0.102. The third kappa shape index (κ3) is 4.24. The lowest BCUT2D eigenvalue weighted by Crippen LogP contribution is -2.27. The molecule has 0 saturated carbocycles. The Hall–Kier alpha value is -2.56. The molecule has 1 amide bonds. The minimum atomic E-state index is -3.51. The molecule has 0 unspecified atom stereocenters. The first kappa shape index (κ1) is 19.7. The van der Waals surface area contributed by atoms with E-state index in [0.717, 1.165) is 17.3 Å². The third-order valence-corrected chi connectivity index (χ3v) is 6.94. The molecular weight excluding hydrogens is 460 g/mol. The van der Waals surface area contributed by atoms with Gasteiger partial charge in [0, 0.05) is 28.7 Å². The summed E-state index contributed by atoms with van der Waals surface area (Å²) in [7, 11) is -3.51. The summed E-state index contributed by atoms with van der Waals surface area (Å²) in [5, 5.41) is 10.3. The van der Waals surface area contributed by atoms with E-state index < -0.39 is 15.9 Å². The van der Waals surface area contributed by atoms with Crippen LogP contribution in [0.4, 0.5) is 6.01 Å². The second kappa shape index (κ2) is 8.05. The van der Waals surface area contributed by atoms with Crippen LogP contribution < -0.4 is 5.32 Å². The fourth-order valence-corrected chi connectivity index (χ4v) is 4.95. The van der Waals surface area contributed by atoms with Crippen molar-refractivity contribution in [1.29, 1.82) is 0 Å². The predicted molar refractivity (Wildman–Crippen MR) is 110 cm³/mol. The molecule has 8 nitrogen and oxygen atoms in total. The van der Waals surface area contributed by atoms with Crippen LogP contribution in [0, 0.1) is 0 Å². The van der Waals surface area contributed by atoms with Gasteiger partial charge < -0.3 is 4.42 Å². The number of amides is 1. The van der Waals surface area contributed by atoms with E-state index in [1.54, 1.807) is 0 Å². The maximum atomic E-state index is 12.6. The molecule has 1 aromatic heterocycles. The van der Waals surface area contributed by atoms with E-state index in [2.05, 4.69) is 31.4 Å². The van der Waals surface area contributed by atoms with Crippen molar-refractivity contribution in [3.8, 4) is 11.5 Å². The molecule has 2 heterocycles. The lowest BCUT2D eigenvalue weighted by atomic mass is 10.2. The van der Waals surface area contributed by atoms with E-state index in [4.69, 9.17) is 4.42 Å². The molecule has 1 saturated heterocycles. The molecule has 1 aliphatic rings. The Balaban J connectivity index is 1.46. The van der Waals surface area contributed by atoms with E-state index >= 15 is 0 Å². The largest absolute Gasteiger partial charge is 0.403 e. The number of nitrogens with one attached hydrogen (secondary N) is 1. The number of hydrogen-bond acceptors (Lipinski definition) is 6. The van der Waals surface area contributed by atoms with E-state index in [0.29, 0.717) is 18.7 Å². The van der Waals surface area contributed by atoms with Crippen LogP contribution in [0.1, 0.15) is 23.2 Å². The van der Waals surface area contributed by atoms with E-state index in [1.165, 1.54) is 28.6 Å². The van der Waals surface area contributed by atoms with Crippen LogP contribution in [0.15, 0.2) is 62.3 Å². The summed E-state index contributed by atoms with van der Waals surface area (Å²) in [5.41, 5.74) is 0.997. The third-order valence-electron chi connectivity index (χ3n) is 4.54. The molecule has 10 heteroatoms. The van der Waals surface area contributed by atoms with Crippen molar-refractivity contribution in [2.75, 3.05) is 18.4 Å². The first-order valence-electron chi connectivity index (χ1n) is 8.94. The molecule has 3 aromatic rings. The Kier molecular flexibility index (Phi) is 5.48. The highest BCUT2D eigenvalue weighted by Crippen LogP contribution is 2.24. The maximum Gasteiger partial charge on any atom is 0.322 e. The Morgan fingerprint density at radius 2 is 1.79 bits per heavy atom. The maximum absolute atomic E-state index is 12.6. The number of carbonyl (C=O) groups excluding carboxylic acids is 1. The lowest BCUT2D eigenvalue weighted by Gasteiger charge is -2.15. The summed E-state index contributed by atoms with van der Waals surface area (Å²) in [4.78, 5) is 12.6. The second-order valence-corrected chi connectivity index (χ2v) is 9.37. The Labute approximate surface area is 176 Å². The topological polar surface area (TPSA) is 105 Å². The van der Waals surface area contributed by atoms with Crippen LogP contribution in [0.2, 0.25) is 0 Å². The molecule has 0 aliphatic carbocycles. The molecule has 2 aromatic carbocycles. The molecule has 0 atom stereocenters. The van der Waals surface area contributed by atoms with Crippen molar-refractivity contribution in [2.24, 2.45) is 0 Å². The smallest absolute Gasteiger partial charge is 0.322 e. The zero-order valence-electron chi connectivity index (χ0n) is 15.2. The first-order valence-corrected chi connectivity index (χ1v) is 11.2. The quantitative estimate of drug-likeness (QED) is 0.603. The summed E-state index contributed by atoms with van der Waals surface area (Å²) < 4.78 is 32.9. The van der Waals surface area contributed by atoms with Crippen LogP contribution in [0.25, 0.3) is 11.5 Å². The summed E-state index contributed by atoms with van der Waals surface area (Å²) in [5.74, 6) is -0.201. The van der Waals surface area contributed by atoms with Crippen LogP contribution in [-0.4, -0.2) is 41.9 Å². The molecule has 1 fully saturated rings. The normalized spacial score (nSPS) is 14.8. The van der Waals surface area contributed by atoms with Crippen molar-refractivity contribution < 1.29 is 17.6 Å². The molecule has 150 valence electrons. The summed E-state index contributed by atoms with van der Waals surface area (Å²) in [6.45, 7) is 1.06. The Morgan fingerprint density at radius 1 is 1.07 bits per heavy atom. The van der Waals surface area contributed by atoms with Gasteiger partial charge in [-0.2, -0.15) is 4.31 Å². The van der Waals surface area contributed by atoms with Crippen molar-refractivity contribution in [3.63, 3.8) is 0 Å². The number of nitrogens with zero attached hydrogens (tertiary/aromatic N) is 3. The highest BCUT2D eigenvalue weighted by molar-refractivity contribution is 9.10. The molecule has 0 spiro atoms. The van der Waals surface area contributed by atoms with Gasteiger partial charge in [-0.15, -0.1) is 5.10 Å². The molecule has 29 heavy (non-hydrogen) atoms. The first-order chi connectivity index (χ1) is 13.9. The van der Waals surface area contributed by atoms with Gasteiger partial charge in [-0.05, 0) is 55.3 Å². The Bertz CT molecular complexity index is 1140. The van der Waals surface area contributed by atoms with Crippen molar-refractivity contribution in [2.45, 2.75) is 17.7 Å². The number of aromatic nitrogens is 2. The Morgan fingerprint density at radius 3 is 2.48 bits per heavy atom. The number of rotatable bonds is 5. The predicted octanol–water partition coefficient (Wildman–Crippen LogP) is 3.54. The molecular formula is C19H17BrN4O4S. The number of sulfonamides is 1. The standard InChI is InChI=1S/C19H17BrN4O4S/c20-15-5-3-4-14(12-15)18-22-23-19(28-18)21-17(25)13-6-8-16(9-7-13)29(26,27)24-10-1-2-11-24/h3-9,12H,1-2,10-11H2,(H,21,23,25). The number of carbonyl (C=O) groups is 1. The number of halogens is 1. The summed E-state index contributed by atoms with van der Waals surface area (Å²) >= 11 is 3.37. The van der Waals surface area contributed by atoms with Gasteiger partial charge in [0.2, 0.25) is 15.9 Å². The minimum Gasteiger partial charge on any atom is -0.403 e. The molecule has 4 rings (SSSR count). The highest BCUT2D eigenvalue weighted by Gasteiger charge is 2.27. The second-order valence-electron chi connectivity index (χ2n) is 6.51. The number of benzene rings is 2. The number of hydrogen-bond donors (Lipinski definition) is 1. The highest BCUT2D eigenvalue weighted by atomic mass is 79.9. The van der Waals surface area contributed by atoms with E-state index in [9.17, 15) is 13.2 Å². The zero-order chi connectivity index (χ0) is 20.4. The van der Waals surface area contributed by atoms with E-state index in [-0.39, 0.29) is 22.4 Å². The average molecular weight is 477 g/mol. The van der Waals surface area contributed by atoms with Crippen LogP contribution in [0.5, 0.6) is 0 Å². The van der Waals surface area contributed by atoms with Gasteiger partial charge in [0.05, 0.1) is 4.90 Å². The van der Waals surface area contributed by atoms with Crippen molar-refractivity contribution in [1.82, 2.24) is 14.5 Å². The summed E-state index contributed by atoms with van der Waals surface area (Å²) in [6.07, 6.45) is 1.73. The average Bonchev–Trinajstić information content (AvgIpc) is 3.41. The summed E-state index contributed by atoms with van der Waals surface area (Å²) in [6, 6.07) is 13.1. The molecule has 0 radical (unpaired) electrons. The minimum absolute atomic E-state index is 0.0428. The molecule has 1 aliphatic heterocycles. The SMILES string of the molecule is O=C(Nc1nnc(-c2cccc(Br)c2)o1)c1ccc(S(=O)(=O)N2CCCC2)cc1. The fourth-order valence-electron chi connectivity index (χ4n) is 3.04. The molecule has 1 N–H and O–H groups in total. The fraction of sp³-hybridized carbons (Fsp3) is 0.211. The monoisotopic (exact) mass is 476 g/mol. The van der Waals surface area contributed by atoms with Gasteiger partial charge >= 0.3 is 6.01 Å². The van der Waals surface area contributed by atoms with Gasteiger partial charge in [0.1, 0.15) is 0 Å². The van der Waals surface area contributed by atoms with Gasteiger partial charge in [-0.3, -0.25) is 10.1 Å². The van der Waals surface area contributed by atoms with Crippen LogP contribution in [-0.2, 0) is 10.0 Å². The van der Waals surface area contributed by atoms with Gasteiger partial charge in [-0.1, -0.05) is 27.1 Å². The van der Waals surface area contributed by atoms with Crippen LogP contribution >= 0.6 is 15.9 Å². The van der Waals surface area contributed by atoms with Crippen molar-refractivity contribution >= 4 is 37.9 Å².